The normalized spacial score (nSPS) is 21.4. The minimum atomic E-state index is 0.276. The van der Waals surface area contributed by atoms with Crippen molar-refractivity contribution in [2.24, 2.45) is 5.92 Å². The third kappa shape index (κ3) is 5.43. The SMILES string of the molecule is CC1CCN(c2cc(N3CCCC[C@H]3C)nc(NC(=S)NC(C)C)n2)CC1. The standard InChI is InChI=1S/C20H34N6S/c1-14(2)21-20(27)24-19-22-17(25-11-8-15(3)9-12-25)13-18(23-19)26-10-6-5-7-16(26)4/h13-16H,5-12H2,1-4H3,(H2,21,22,23,24,27)/t16-/m1/s1. The van der Waals surface area contributed by atoms with E-state index in [-0.39, 0.29) is 6.04 Å². The zero-order valence-electron chi connectivity index (χ0n) is 17.2. The van der Waals surface area contributed by atoms with Crippen LogP contribution in [0.3, 0.4) is 0 Å². The summed E-state index contributed by atoms with van der Waals surface area (Å²) in [6, 6.07) is 2.96. The number of piperidine rings is 2. The highest BCUT2D eigenvalue weighted by Crippen LogP contribution is 2.29. The zero-order valence-corrected chi connectivity index (χ0v) is 18.0. The van der Waals surface area contributed by atoms with Crippen LogP contribution in [0.1, 0.15) is 59.8 Å². The highest BCUT2D eigenvalue weighted by atomic mass is 32.1. The Morgan fingerprint density at radius 2 is 1.78 bits per heavy atom. The molecule has 6 nitrogen and oxygen atoms in total. The van der Waals surface area contributed by atoms with E-state index in [1.54, 1.807) is 0 Å². The van der Waals surface area contributed by atoms with E-state index in [4.69, 9.17) is 22.2 Å². The highest BCUT2D eigenvalue weighted by molar-refractivity contribution is 7.80. The number of thiocarbonyl (C=S) groups is 1. The van der Waals surface area contributed by atoms with Crippen molar-refractivity contribution in [2.75, 3.05) is 34.8 Å². The molecule has 1 atom stereocenters. The quantitative estimate of drug-likeness (QED) is 0.759. The van der Waals surface area contributed by atoms with Crippen molar-refractivity contribution in [1.82, 2.24) is 15.3 Å². The Labute approximate surface area is 169 Å². The lowest BCUT2D eigenvalue weighted by molar-refractivity contribution is 0.436. The van der Waals surface area contributed by atoms with Crippen molar-refractivity contribution >= 4 is 34.9 Å². The van der Waals surface area contributed by atoms with Gasteiger partial charge in [0, 0.05) is 37.8 Å². The highest BCUT2D eigenvalue weighted by Gasteiger charge is 2.24. The molecule has 0 amide bonds. The molecule has 0 radical (unpaired) electrons. The monoisotopic (exact) mass is 390 g/mol. The number of hydrogen-bond donors (Lipinski definition) is 2. The number of anilines is 3. The van der Waals surface area contributed by atoms with Gasteiger partial charge in [0.1, 0.15) is 11.6 Å². The van der Waals surface area contributed by atoms with E-state index in [1.165, 1.54) is 32.1 Å². The minimum absolute atomic E-state index is 0.276. The van der Waals surface area contributed by atoms with Crippen LogP contribution < -0.4 is 20.4 Å². The first-order valence-electron chi connectivity index (χ1n) is 10.4. The molecular formula is C20H34N6S. The molecule has 0 aliphatic carbocycles. The Morgan fingerprint density at radius 1 is 1.07 bits per heavy atom. The molecule has 3 heterocycles. The molecule has 1 aromatic rings. The molecule has 1 aromatic heterocycles. The number of nitrogens with one attached hydrogen (secondary N) is 2. The Balaban J connectivity index is 1.86. The van der Waals surface area contributed by atoms with Gasteiger partial charge in [0.2, 0.25) is 5.95 Å². The van der Waals surface area contributed by atoms with Crippen molar-refractivity contribution < 1.29 is 0 Å². The third-order valence-corrected chi connectivity index (χ3v) is 5.77. The van der Waals surface area contributed by atoms with Gasteiger partial charge in [-0.1, -0.05) is 6.92 Å². The molecule has 0 saturated carbocycles. The Hall–Kier alpha value is -1.63. The van der Waals surface area contributed by atoms with E-state index >= 15 is 0 Å². The van der Waals surface area contributed by atoms with Crippen LogP contribution in [-0.2, 0) is 0 Å². The van der Waals surface area contributed by atoms with Gasteiger partial charge < -0.3 is 20.4 Å². The molecule has 2 aliphatic rings. The molecule has 3 rings (SSSR count). The molecule has 0 spiro atoms. The zero-order chi connectivity index (χ0) is 19.4. The summed E-state index contributed by atoms with van der Waals surface area (Å²) in [5.41, 5.74) is 0. The van der Waals surface area contributed by atoms with Gasteiger partial charge in [0.15, 0.2) is 5.11 Å². The van der Waals surface area contributed by atoms with Crippen molar-refractivity contribution in [1.29, 1.82) is 0 Å². The number of rotatable bonds is 4. The van der Waals surface area contributed by atoms with Crippen LogP contribution in [0, 0.1) is 5.92 Å². The Bertz CT molecular complexity index is 641. The summed E-state index contributed by atoms with van der Waals surface area (Å²) >= 11 is 5.42. The molecule has 7 heteroatoms. The first kappa shape index (κ1) is 20.1. The molecule has 2 aliphatic heterocycles. The molecule has 0 bridgehead atoms. The van der Waals surface area contributed by atoms with Gasteiger partial charge in [0.05, 0.1) is 0 Å². The second-order valence-corrected chi connectivity index (χ2v) is 8.78. The van der Waals surface area contributed by atoms with Gasteiger partial charge in [0.25, 0.3) is 0 Å². The van der Waals surface area contributed by atoms with Crippen LogP contribution in [0.4, 0.5) is 17.6 Å². The lowest BCUT2D eigenvalue weighted by Gasteiger charge is -2.36. The molecule has 0 aromatic carbocycles. The average Bonchev–Trinajstić information content (AvgIpc) is 2.61. The van der Waals surface area contributed by atoms with Crippen molar-refractivity contribution in [3.63, 3.8) is 0 Å². The van der Waals surface area contributed by atoms with Gasteiger partial charge >= 0.3 is 0 Å². The van der Waals surface area contributed by atoms with E-state index < -0.39 is 0 Å². The number of aromatic nitrogens is 2. The average molecular weight is 391 g/mol. The minimum Gasteiger partial charge on any atom is -0.360 e. The fourth-order valence-corrected chi connectivity index (χ4v) is 4.19. The summed E-state index contributed by atoms with van der Waals surface area (Å²) in [4.78, 5) is 14.4. The molecule has 2 saturated heterocycles. The molecule has 0 unspecified atom stereocenters. The van der Waals surface area contributed by atoms with Gasteiger partial charge in [-0.2, -0.15) is 9.97 Å². The topological polar surface area (TPSA) is 56.3 Å². The molecule has 150 valence electrons. The summed E-state index contributed by atoms with van der Waals surface area (Å²) in [5.74, 6) is 3.42. The first-order chi connectivity index (χ1) is 12.9. The summed E-state index contributed by atoms with van der Waals surface area (Å²) in [6.45, 7) is 11.9. The largest absolute Gasteiger partial charge is 0.360 e. The van der Waals surface area contributed by atoms with E-state index in [0.717, 1.165) is 37.2 Å². The van der Waals surface area contributed by atoms with Crippen LogP contribution in [0.15, 0.2) is 6.07 Å². The molecule has 27 heavy (non-hydrogen) atoms. The third-order valence-electron chi connectivity index (χ3n) is 5.55. The van der Waals surface area contributed by atoms with Gasteiger partial charge in [-0.05, 0) is 71.0 Å². The van der Waals surface area contributed by atoms with Crippen molar-refractivity contribution in [3.05, 3.63) is 6.07 Å². The number of nitrogens with zero attached hydrogens (tertiary/aromatic N) is 4. The fraction of sp³-hybridized carbons (Fsp3) is 0.750. The first-order valence-corrected chi connectivity index (χ1v) is 10.8. The van der Waals surface area contributed by atoms with Crippen LogP contribution >= 0.6 is 12.2 Å². The summed E-state index contributed by atoms with van der Waals surface area (Å²) in [5, 5.41) is 6.99. The maximum atomic E-state index is 5.42. The van der Waals surface area contributed by atoms with E-state index in [0.29, 0.717) is 17.1 Å². The van der Waals surface area contributed by atoms with Crippen LogP contribution in [0.5, 0.6) is 0 Å². The lowest BCUT2D eigenvalue weighted by Crippen LogP contribution is -2.39. The maximum absolute atomic E-state index is 5.42. The second kappa shape index (κ2) is 9.04. The maximum Gasteiger partial charge on any atom is 0.232 e. The van der Waals surface area contributed by atoms with Crippen LogP contribution in [0.25, 0.3) is 0 Å². The summed E-state index contributed by atoms with van der Waals surface area (Å²) in [6.07, 6.45) is 6.18. The molecular weight excluding hydrogens is 356 g/mol. The van der Waals surface area contributed by atoms with Gasteiger partial charge in [-0.25, -0.2) is 0 Å². The van der Waals surface area contributed by atoms with E-state index in [1.807, 2.05) is 0 Å². The summed E-state index contributed by atoms with van der Waals surface area (Å²) < 4.78 is 0. The van der Waals surface area contributed by atoms with Gasteiger partial charge in [-0.15, -0.1) is 0 Å². The predicted octanol–water partition coefficient (Wildman–Crippen LogP) is 3.79. The molecule has 2 N–H and O–H groups in total. The van der Waals surface area contributed by atoms with Crippen molar-refractivity contribution in [3.8, 4) is 0 Å². The Kier molecular flexibility index (Phi) is 6.73. The summed E-state index contributed by atoms with van der Waals surface area (Å²) in [7, 11) is 0. The van der Waals surface area contributed by atoms with Crippen LogP contribution in [-0.4, -0.2) is 46.8 Å². The van der Waals surface area contributed by atoms with Crippen molar-refractivity contribution in [2.45, 2.75) is 71.9 Å². The second-order valence-electron chi connectivity index (χ2n) is 8.37. The number of hydrogen-bond acceptors (Lipinski definition) is 5. The van der Waals surface area contributed by atoms with Gasteiger partial charge in [-0.3, -0.25) is 0 Å². The fourth-order valence-electron chi connectivity index (χ4n) is 3.86. The van der Waals surface area contributed by atoms with E-state index in [2.05, 4.69) is 54.2 Å². The van der Waals surface area contributed by atoms with E-state index in [9.17, 15) is 0 Å². The smallest absolute Gasteiger partial charge is 0.232 e. The Morgan fingerprint density at radius 3 is 2.44 bits per heavy atom. The molecule has 2 fully saturated rings. The van der Waals surface area contributed by atoms with Crippen LogP contribution in [0.2, 0.25) is 0 Å². The predicted molar refractivity (Wildman–Crippen MR) is 118 cm³/mol. The lowest BCUT2D eigenvalue weighted by atomic mass is 9.99.